The molecule has 0 aliphatic carbocycles. The highest BCUT2D eigenvalue weighted by Gasteiger charge is 2.20. The molecule has 30 heavy (non-hydrogen) atoms. The number of aryl methyl sites for hydroxylation is 1. The van der Waals surface area contributed by atoms with Crippen LogP contribution in [0.3, 0.4) is 0 Å². The number of hydrogen-bond donors (Lipinski definition) is 1. The van der Waals surface area contributed by atoms with Crippen molar-refractivity contribution in [3.05, 3.63) is 57.5 Å². The molecule has 2 heterocycles. The monoisotopic (exact) mass is 427 g/mol. The minimum absolute atomic E-state index is 0.174. The molecule has 156 valence electrons. The lowest BCUT2D eigenvalue weighted by atomic mass is 10.1. The molecule has 0 saturated carbocycles. The molecule has 2 aromatic carbocycles. The van der Waals surface area contributed by atoms with Gasteiger partial charge in [-0.1, -0.05) is 49.6 Å². The van der Waals surface area contributed by atoms with E-state index in [9.17, 15) is 9.59 Å². The Morgan fingerprint density at radius 2 is 1.83 bits per heavy atom. The number of nitrogens with one attached hydrogen (secondary N) is 1. The fourth-order valence-corrected chi connectivity index (χ4v) is 3.61. The van der Waals surface area contributed by atoms with Crippen LogP contribution in [0.4, 0.5) is 5.69 Å². The predicted octanol–water partition coefficient (Wildman–Crippen LogP) is 4.26. The number of halogens is 1. The maximum Gasteiger partial charge on any atom is 0.276 e. The van der Waals surface area contributed by atoms with Crippen molar-refractivity contribution < 1.29 is 14.3 Å². The second kappa shape index (κ2) is 8.75. The van der Waals surface area contributed by atoms with Gasteiger partial charge in [0.05, 0.1) is 16.1 Å². The van der Waals surface area contributed by atoms with Gasteiger partial charge in [0.25, 0.3) is 11.5 Å². The van der Waals surface area contributed by atoms with E-state index in [1.165, 1.54) is 4.68 Å². The van der Waals surface area contributed by atoms with Crippen molar-refractivity contribution in [1.29, 1.82) is 0 Å². The smallest absolute Gasteiger partial charge is 0.276 e. The van der Waals surface area contributed by atoms with Crippen LogP contribution in [0.5, 0.6) is 11.5 Å². The molecule has 1 amide bonds. The summed E-state index contributed by atoms with van der Waals surface area (Å²) in [5.41, 5.74) is 0.365. The number of anilines is 1. The number of unbranched alkanes of at least 4 members (excludes halogenated alkanes) is 2. The van der Waals surface area contributed by atoms with Crippen molar-refractivity contribution in [1.82, 2.24) is 9.78 Å². The first-order valence-electron chi connectivity index (χ1n) is 9.99. The Morgan fingerprint density at radius 1 is 1.13 bits per heavy atom. The number of ether oxygens (including phenoxy) is 2. The number of carbonyl (C=O) groups excluding carboxylic acids is 1. The largest absolute Gasteiger partial charge is 0.486 e. The number of amides is 1. The molecule has 1 aromatic heterocycles. The zero-order valence-corrected chi connectivity index (χ0v) is 17.4. The normalized spacial score (nSPS) is 12.7. The third kappa shape index (κ3) is 3.98. The van der Waals surface area contributed by atoms with Gasteiger partial charge in [-0.3, -0.25) is 9.59 Å². The molecule has 3 aromatic rings. The number of hydrogen-bond acceptors (Lipinski definition) is 5. The Morgan fingerprint density at radius 3 is 2.57 bits per heavy atom. The molecule has 7 nitrogen and oxygen atoms in total. The van der Waals surface area contributed by atoms with Crippen LogP contribution in [-0.2, 0) is 6.54 Å². The average molecular weight is 428 g/mol. The van der Waals surface area contributed by atoms with Gasteiger partial charge in [-0.05, 0) is 12.5 Å². The van der Waals surface area contributed by atoms with Gasteiger partial charge < -0.3 is 14.8 Å². The highest BCUT2D eigenvalue weighted by molar-refractivity contribution is 6.34. The zero-order valence-electron chi connectivity index (χ0n) is 16.6. The van der Waals surface area contributed by atoms with Gasteiger partial charge in [-0.25, -0.2) is 4.68 Å². The molecule has 1 aliphatic rings. The van der Waals surface area contributed by atoms with E-state index < -0.39 is 5.91 Å². The number of nitrogens with zero attached hydrogens (tertiary/aromatic N) is 2. The Labute approximate surface area is 178 Å². The fourth-order valence-electron chi connectivity index (χ4n) is 3.41. The van der Waals surface area contributed by atoms with Crippen LogP contribution in [0.1, 0.15) is 36.7 Å². The number of fused-ring (bicyclic) bond motifs is 2. The molecule has 1 aliphatic heterocycles. The standard InChI is InChI=1S/C22H22ClN3O4/c1-2-3-6-9-26-22(28)15-8-5-4-7-14(15)20(25-26)21(27)24-17-13-19-18(12-16(17)23)29-10-11-30-19/h4-5,7-8,12-13H,2-3,6,9-11H2,1H3,(H,24,27). The maximum absolute atomic E-state index is 13.1. The fraction of sp³-hybridized carbons (Fsp3) is 0.318. The molecule has 8 heteroatoms. The van der Waals surface area contributed by atoms with Gasteiger partial charge in [-0.2, -0.15) is 5.10 Å². The first kappa shape index (κ1) is 20.2. The highest BCUT2D eigenvalue weighted by Crippen LogP contribution is 2.38. The van der Waals surface area contributed by atoms with E-state index in [0.29, 0.717) is 52.7 Å². The lowest BCUT2D eigenvalue weighted by Gasteiger charge is -2.20. The van der Waals surface area contributed by atoms with Crippen LogP contribution < -0.4 is 20.3 Å². The molecule has 1 N–H and O–H groups in total. The maximum atomic E-state index is 13.1. The van der Waals surface area contributed by atoms with Crippen molar-refractivity contribution in [2.75, 3.05) is 18.5 Å². The highest BCUT2D eigenvalue weighted by atomic mass is 35.5. The second-order valence-electron chi connectivity index (χ2n) is 7.06. The molecular formula is C22H22ClN3O4. The van der Waals surface area contributed by atoms with Crippen molar-refractivity contribution in [2.45, 2.75) is 32.7 Å². The molecule has 0 fully saturated rings. The Bertz CT molecular complexity index is 1160. The lowest BCUT2D eigenvalue weighted by molar-refractivity contribution is 0.102. The Kier molecular flexibility index (Phi) is 5.90. The minimum Gasteiger partial charge on any atom is -0.486 e. The summed E-state index contributed by atoms with van der Waals surface area (Å²) in [4.78, 5) is 25.9. The minimum atomic E-state index is -0.450. The summed E-state index contributed by atoms with van der Waals surface area (Å²) in [7, 11) is 0. The summed E-state index contributed by atoms with van der Waals surface area (Å²) < 4.78 is 12.5. The van der Waals surface area contributed by atoms with Crippen molar-refractivity contribution in [3.8, 4) is 11.5 Å². The van der Waals surface area contributed by atoms with Crippen LogP contribution >= 0.6 is 11.6 Å². The number of rotatable bonds is 6. The van der Waals surface area contributed by atoms with Gasteiger partial charge in [0, 0.05) is 24.1 Å². The van der Waals surface area contributed by atoms with Gasteiger partial charge in [0.15, 0.2) is 17.2 Å². The number of carbonyl (C=O) groups is 1. The van der Waals surface area contributed by atoms with E-state index in [1.54, 1.807) is 36.4 Å². The summed E-state index contributed by atoms with van der Waals surface area (Å²) in [6, 6.07) is 10.2. The van der Waals surface area contributed by atoms with E-state index in [-0.39, 0.29) is 11.3 Å². The molecule has 0 saturated heterocycles. The summed E-state index contributed by atoms with van der Waals surface area (Å²) in [6.45, 7) is 3.43. The Hall–Kier alpha value is -3.06. The molecule has 0 radical (unpaired) electrons. The average Bonchev–Trinajstić information content (AvgIpc) is 2.76. The van der Waals surface area contributed by atoms with Crippen LogP contribution in [-0.4, -0.2) is 28.9 Å². The van der Waals surface area contributed by atoms with Gasteiger partial charge in [0.2, 0.25) is 0 Å². The van der Waals surface area contributed by atoms with Crippen molar-refractivity contribution in [3.63, 3.8) is 0 Å². The molecular weight excluding hydrogens is 406 g/mol. The Balaban J connectivity index is 1.71. The first-order chi connectivity index (χ1) is 14.6. The third-order valence-electron chi connectivity index (χ3n) is 4.94. The van der Waals surface area contributed by atoms with E-state index in [1.807, 2.05) is 0 Å². The van der Waals surface area contributed by atoms with Gasteiger partial charge in [-0.15, -0.1) is 0 Å². The first-order valence-corrected chi connectivity index (χ1v) is 10.4. The van der Waals surface area contributed by atoms with E-state index >= 15 is 0 Å². The molecule has 0 bridgehead atoms. The summed E-state index contributed by atoms with van der Waals surface area (Å²) in [6.07, 6.45) is 2.82. The summed E-state index contributed by atoms with van der Waals surface area (Å²) in [5.74, 6) is 0.606. The van der Waals surface area contributed by atoms with Crippen molar-refractivity contribution >= 4 is 34.0 Å². The van der Waals surface area contributed by atoms with Crippen LogP contribution in [0.2, 0.25) is 5.02 Å². The van der Waals surface area contributed by atoms with E-state index in [4.69, 9.17) is 21.1 Å². The molecule has 0 atom stereocenters. The topological polar surface area (TPSA) is 82.5 Å². The molecule has 4 rings (SSSR count). The third-order valence-corrected chi connectivity index (χ3v) is 5.25. The molecule has 0 unspecified atom stereocenters. The summed E-state index contributed by atoms with van der Waals surface area (Å²) >= 11 is 6.33. The predicted molar refractivity (Wildman–Crippen MR) is 116 cm³/mol. The molecule has 0 spiro atoms. The van der Waals surface area contributed by atoms with Gasteiger partial charge in [0.1, 0.15) is 13.2 Å². The second-order valence-corrected chi connectivity index (χ2v) is 7.47. The van der Waals surface area contributed by atoms with Crippen LogP contribution in [0.25, 0.3) is 10.8 Å². The number of aromatic nitrogens is 2. The van der Waals surface area contributed by atoms with Crippen molar-refractivity contribution in [2.24, 2.45) is 0 Å². The van der Waals surface area contributed by atoms with Crippen LogP contribution in [0.15, 0.2) is 41.2 Å². The van der Waals surface area contributed by atoms with E-state index in [0.717, 1.165) is 19.3 Å². The quantitative estimate of drug-likeness (QED) is 0.594. The number of benzene rings is 2. The van der Waals surface area contributed by atoms with Crippen LogP contribution in [0, 0.1) is 0 Å². The van der Waals surface area contributed by atoms with Gasteiger partial charge >= 0.3 is 0 Å². The lowest BCUT2D eigenvalue weighted by Crippen LogP contribution is -2.28. The van der Waals surface area contributed by atoms with E-state index in [2.05, 4.69) is 17.3 Å². The zero-order chi connectivity index (χ0) is 21.1. The summed E-state index contributed by atoms with van der Waals surface area (Å²) in [5, 5.41) is 8.46. The SMILES string of the molecule is CCCCCn1nc(C(=O)Nc2cc3c(cc2Cl)OCCO3)c2ccccc2c1=O.